The number of nitrogens with two attached hydrogens (primary N) is 1. The second kappa shape index (κ2) is 4.55. The zero-order valence-electron chi connectivity index (χ0n) is 9.55. The lowest BCUT2D eigenvalue weighted by Crippen LogP contribution is -2.25. The summed E-state index contributed by atoms with van der Waals surface area (Å²) in [5.74, 6) is 1.06. The molecule has 0 bridgehead atoms. The quantitative estimate of drug-likeness (QED) is 0.655. The fraction of sp³-hybridized carbons (Fsp3) is 0.636. The van der Waals surface area contributed by atoms with E-state index in [9.17, 15) is 4.79 Å². The second-order valence-electron chi connectivity index (χ2n) is 4.45. The number of carbonyl (C=O) groups excluding carboxylic acids is 1. The largest absolute Gasteiger partial charge is 0.382 e. The number of aromatic amines is 1. The van der Waals surface area contributed by atoms with Crippen LogP contribution in [0.5, 0.6) is 0 Å². The Kier molecular flexibility index (Phi) is 3.12. The molecule has 0 atom stereocenters. The first-order valence-corrected chi connectivity index (χ1v) is 5.77. The standard InChI is InChI=1S/C11H18N4O/c1-7-9(10(12)15-14-7)11(16)13-6-2-3-8-4-5-8/h8H,2-6H2,1H3,(H,13,16)(H3,12,14,15). The van der Waals surface area contributed by atoms with Crippen molar-refractivity contribution < 1.29 is 4.79 Å². The van der Waals surface area contributed by atoms with Gasteiger partial charge >= 0.3 is 0 Å². The van der Waals surface area contributed by atoms with Crippen LogP contribution in [-0.4, -0.2) is 22.6 Å². The number of hydrogen-bond donors (Lipinski definition) is 3. The number of rotatable bonds is 5. The van der Waals surface area contributed by atoms with Crippen LogP contribution in [0.2, 0.25) is 0 Å². The van der Waals surface area contributed by atoms with E-state index in [1.807, 2.05) is 0 Å². The van der Waals surface area contributed by atoms with Gasteiger partial charge in [0.2, 0.25) is 0 Å². The fourth-order valence-corrected chi connectivity index (χ4v) is 1.82. The van der Waals surface area contributed by atoms with Gasteiger partial charge in [0.15, 0.2) is 5.82 Å². The van der Waals surface area contributed by atoms with Crippen molar-refractivity contribution in [3.8, 4) is 0 Å². The van der Waals surface area contributed by atoms with Gasteiger partial charge in [-0.15, -0.1) is 0 Å². The van der Waals surface area contributed by atoms with Crippen molar-refractivity contribution in [3.63, 3.8) is 0 Å². The van der Waals surface area contributed by atoms with E-state index in [2.05, 4.69) is 15.5 Å². The lowest BCUT2D eigenvalue weighted by atomic mass is 10.2. The van der Waals surface area contributed by atoms with Crippen LogP contribution in [0.1, 0.15) is 41.7 Å². The normalized spacial score (nSPS) is 15.1. The topological polar surface area (TPSA) is 83.8 Å². The number of H-pyrrole nitrogens is 1. The van der Waals surface area contributed by atoms with Crippen molar-refractivity contribution in [1.29, 1.82) is 0 Å². The average Bonchev–Trinajstić information content (AvgIpc) is 3.00. The molecule has 88 valence electrons. The Labute approximate surface area is 94.8 Å². The van der Waals surface area contributed by atoms with Crippen LogP contribution < -0.4 is 11.1 Å². The van der Waals surface area contributed by atoms with E-state index in [-0.39, 0.29) is 11.7 Å². The highest BCUT2D eigenvalue weighted by atomic mass is 16.1. The smallest absolute Gasteiger partial charge is 0.256 e. The molecule has 16 heavy (non-hydrogen) atoms. The van der Waals surface area contributed by atoms with Crippen molar-refractivity contribution in [2.75, 3.05) is 12.3 Å². The second-order valence-corrected chi connectivity index (χ2v) is 4.45. The van der Waals surface area contributed by atoms with Gasteiger partial charge in [0.05, 0.1) is 0 Å². The molecule has 0 saturated heterocycles. The third-order valence-electron chi connectivity index (χ3n) is 2.97. The zero-order chi connectivity index (χ0) is 11.5. The van der Waals surface area contributed by atoms with Gasteiger partial charge in [0.1, 0.15) is 5.56 Å². The van der Waals surface area contributed by atoms with Crippen molar-refractivity contribution in [2.24, 2.45) is 5.92 Å². The summed E-state index contributed by atoms with van der Waals surface area (Å²) < 4.78 is 0. The zero-order valence-corrected chi connectivity index (χ0v) is 9.55. The number of anilines is 1. The number of nitrogens with zero attached hydrogens (tertiary/aromatic N) is 1. The Hall–Kier alpha value is -1.52. The first-order chi connectivity index (χ1) is 7.68. The summed E-state index contributed by atoms with van der Waals surface area (Å²) in [5.41, 5.74) is 6.80. The maximum absolute atomic E-state index is 11.8. The summed E-state index contributed by atoms with van der Waals surface area (Å²) >= 11 is 0. The Bertz CT molecular complexity index is 362. The van der Waals surface area contributed by atoms with Gasteiger partial charge in [-0.05, 0) is 25.7 Å². The molecule has 5 heteroatoms. The van der Waals surface area contributed by atoms with E-state index in [0.29, 0.717) is 5.56 Å². The molecular weight excluding hydrogens is 204 g/mol. The number of aromatic nitrogens is 2. The van der Waals surface area contributed by atoms with E-state index in [4.69, 9.17) is 5.73 Å². The molecule has 1 aliphatic carbocycles. The highest BCUT2D eigenvalue weighted by molar-refractivity contribution is 5.99. The molecule has 1 fully saturated rings. The molecule has 0 aromatic carbocycles. The monoisotopic (exact) mass is 222 g/mol. The fourth-order valence-electron chi connectivity index (χ4n) is 1.82. The minimum atomic E-state index is -0.125. The summed E-state index contributed by atoms with van der Waals surface area (Å²) in [6.07, 6.45) is 5.00. The van der Waals surface area contributed by atoms with Crippen LogP contribution in [-0.2, 0) is 0 Å². The van der Waals surface area contributed by atoms with Crippen LogP contribution in [0, 0.1) is 12.8 Å². The summed E-state index contributed by atoms with van der Waals surface area (Å²) in [5, 5.41) is 9.37. The van der Waals surface area contributed by atoms with Gasteiger partial charge in [-0.3, -0.25) is 9.89 Å². The van der Waals surface area contributed by atoms with Crippen LogP contribution in [0.15, 0.2) is 0 Å². The third kappa shape index (κ3) is 2.53. The van der Waals surface area contributed by atoms with Crippen LogP contribution in [0.3, 0.4) is 0 Å². The Morgan fingerprint density at radius 2 is 2.38 bits per heavy atom. The first-order valence-electron chi connectivity index (χ1n) is 5.77. The molecule has 5 nitrogen and oxygen atoms in total. The molecule has 1 aromatic rings. The molecule has 0 aliphatic heterocycles. The van der Waals surface area contributed by atoms with E-state index >= 15 is 0 Å². The third-order valence-corrected chi connectivity index (χ3v) is 2.97. The molecule has 0 radical (unpaired) electrons. The predicted octanol–water partition coefficient (Wildman–Crippen LogP) is 1.22. The predicted molar refractivity (Wildman–Crippen MR) is 62.0 cm³/mol. The first kappa shape index (κ1) is 11.0. The number of hydrogen-bond acceptors (Lipinski definition) is 3. The number of nitrogens with one attached hydrogen (secondary N) is 2. The number of nitrogen functional groups attached to an aromatic ring is 1. The Morgan fingerprint density at radius 3 is 2.94 bits per heavy atom. The Morgan fingerprint density at radius 1 is 1.62 bits per heavy atom. The van der Waals surface area contributed by atoms with Gasteiger partial charge < -0.3 is 11.1 Å². The molecule has 0 unspecified atom stereocenters. The molecule has 2 rings (SSSR count). The molecule has 1 aromatic heterocycles. The molecule has 1 amide bonds. The van der Waals surface area contributed by atoms with Crippen LogP contribution in [0.25, 0.3) is 0 Å². The maximum atomic E-state index is 11.8. The highest BCUT2D eigenvalue weighted by Crippen LogP contribution is 2.33. The van der Waals surface area contributed by atoms with E-state index in [1.54, 1.807) is 6.92 Å². The van der Waals surface area contributed by atoms with Crippen molar-refractivity contribution >= 4 is 11.7 Å². The van der Waals surface area contributed by atoms with E-state index < -0.39 is 0 Å². The summed E-state index contributed by atoms with van der Waals surface area (Å²) in [4.78, 5) is 11.8. The lowest BCUT2D eigenvalue weighted by molar-refractivity contribution is 0.0953. The SMILES string of the molecule is Cc1[nH]nc(N)c1C(=O)NCCCC1CC1. The van der Waals surface area contributed by atoms with Crippen molar-refractivity contribution in [3.05, 3.63) is 11.3 Å². The number of aryl methyl sites for hydroxylation is 1. The minimum absolute atomic E-state index is 0.125. The van der Waals surface area contributed by atoms with Gasteiger partial charge in [-0.2, -0.15) is 5.10 Å². The van der Waals surface area contributed by atoms with Gasteiger partial charge in [-0.25, -0.2) is 0 Å². The van der Waals surface area contributed by atoms with Crippen molar-refractivity contribution in [1.82, 2.24) is 15.5 Å². The minimum Gasteiger partial charge on any atom is -0.382 e. The average molecular weight is 222 g/mol. The van der Waals surface area contributed by atoms with E-state index in [0.717, 1.165) is 24.6 Å². The molecule has 0 spiro atoms. The number of amides is 1. The Balaban J connectivity index is 1.78. The number of carbonyl (C=O) groups is 1. The van der Waals surface area contributed by atoms with Gasteiger partial charge in [0, 0.05) is 12.2 Å². The maximum Gasteiger partial charge on any atom is 0.256 e. The van der Waals surface area contributed by atoms with Gasteiger partial charge in [0.25, 0.3) is 5.91 Å². The lowest BCUT2D eigenvalue weighted by Gasteiger charge is -2.04. The molecular formula is C11H18N4O. The summed E-state index contributed by atoms with van der Waals surface area (Å²) in [6.45, 7) is 2.52. The van der Waals surface area contributed by atoms with E-state index in [1.165, 1.54) is 19.3 Å². The summed E-state index contributed by atoms with van der Waals surface area (Å²) in [7, 11) is 0. The van der Waals surface area contributed by atoms with Gasteiger partial charge in [-0.1, -0.05) is 12.8 Å². The molecule has 4 N–H and O–H groups in total. The molecule has 1 saturated carbocycles. The molecule has 1 aliphatic rings. The van der Waals surface area contributed by atoms with Crippen LogP contribution >= 0.6 is 0 Å². The van der Waals surface area contributed by atoms with Crippen molar-refractivity contribution in [2.45, 2.75) is 32.6 Å². The molecule has 1 heterocycles. The summed E-state index contributed by atoms with van der Waals surface area (Å²) in [6, 6.07) is 0. The van der Waals surface area contributed by atoms with Crippen LogP contribution in [0.4, 0.5) is 5.82 Å². The highest BCUT2D eigenvalue weighted by Gasteiger charge is 2.20.